The van der Waals surface area contributed by atoms with Gasteiger partial charge in [0.25, 0.3) is 5.91 Å². The second-order valence-corrected chi connectivity index (χ2v) is 4.80. The smallest absolute Gasteiger partial charge is 0.270 e. The van der Waals surface area contributed by atoms with E-state index >= 15 is 0 Å². The molecule has 1 aromatic carbocycles. The third-order valence-corrected chi connectivity index (χ3v) is 3.21. The Morgan fingerprint density at radius 3 is 2.86 bits per heavy atom. The molecule has 0 aliphatic rings. The van der Waals surface area contributed by atoms with Crippen LogP contribution in [0.4, 0.5) is 5.82 Å². The van der Waals surface area contributed by atoms with Crippen LogP contribution in [0.25, 0.3) is 10.8 Å². The Hall–Kier alpha value is -2.14. The van der Waals surface area contributed by atoms with Crippen LogP contribution in [0.1, 0.15) is 24.3 Å². The highest BCUT2D eigenvalue weighted by atomic mass is 16.5. The largest absolute Gasteiger partial charge is 0.377 e. The van der Waals surface area contributed by atoms with Crippen LogP contribution in [0, 0.1) is 0 Å². The minimum Gasteiger partial charge on any atom is -0.377 e. The van der Waals surface area contributed by atoms with Crippen LogP contribution in [0.3, 0.4) is 0 Å². The van der Waals surface area contributed by atoms with Crippen LogP contribution in [0.15, 0.2) is 30.3 Å². The van der Waals surface area contributed by atoms with E-state index < -0.39 is 0 Å². The fraction of sp³-hybridized carbons (Fsp3) is 0.375. The number of ether oxygens (including phenoxy) is 1. The monoisotopic (exact) mass is 287 g/mol. The van der Waals surface area contributed by atoms with Gasteiger partial charge in [-0.3, -0.25) is 4.79 Å². The van der Waals surface area contributed by atoms with Gasteiger partial charge in [-0.2, -0.15) is 0 Å². The number of fused-ring (bicyclic) bond motifs is 1. The number of pyridine rings is 1. The van der Waals surface area contributed by atoms with E-state index in [0.717, 1.165) is 10.8 Å². The summed E-state index contributed by atoms with van der Waals surface area (Å²) >= 11 is 0. The van der Waals surface area contributed by atoms with Gasteiger partial charge in [-0.15, -0.1) is 0 Å². The number of nitrogens with one attached hydrogen (secondary N) is 2. The van der Waals surface area contributed by atoms with Crippen molar-refractivity contribution in [2.45, 2.75) is 20.0 Å². The van der Waals surface area contributed by atoms with Gasteiger partial charge in [0.15, 0.2) is 0 Å². The minimum atomic E-state index is -0.191. The van der Waals surface area contributed by atoms with E-state index in [9.17, 15) is 4.79 Å². The van der Waals surface area contributed by atoms with Gasteiger partial charge in [-0.05, 0) is 25.3 Å². The first-order valence-corrected chi connectivity index (χ1v) is 7.13. The summed E-state index contributed by atoms with van der Waals surface area (Å²) in [4.78, 5) is 16.6. The molecule has 0 radical (unpaired) electrons. The molecule has 0 aliphatic heterocycles. The molecule has 1 amide bonds. The number of amides is 1. The Morgan fingerprint density at radius 1 is 1.38 bits per heavy atom. The van der Waals surface area contributed by atoms with Crippen LogP contribution < -0.4 is 10.6 Å². The molecule has 5 heteroatoms. The number of benzene rings is 1. The zero-order valence-electron chi connectivity index (χ0n) is 12.6. The standard InChI is InChI=1S/C16H21N3O2/c1-4-21-11(2)10-18-16(20)14-9-12-7-5-6-8-13(12)15(17-3)19-14/h5-9,11H,4,10H2,1-3H3,(H,17,19)(H,18,20). The van der Waals surface area contributed by atoms with Crippen molar-refractivity contribution >= 4 is 22.5 Å². The molecule has 112 valence electrons. The van der Waals surface area contributed by atoms with Crippen molar-refractivity contribution in [2.75, 3.05) is 25.5 Å². The molecule has 0 aliphatic carbocycles. The van der Waals surface area contributed by atoms with Crippen molar-refractivity contribution in [3.8, 4) is 0 Å². The molecule has 21 heavy (non-hydrogen) atoms. The summed E-state index contributed by atoms with van der Waals surface area (Å²) in [5, 5.41) is 7.87. The highest BCUT2D eigenvalue weighted by Crippen LogP contribution is 2.22. The van der Waals surface area contributed by atoms with E-state index in [1.165, 1.54) is 0 Å². The van der Waals surface area contributed by atoms with Gasteiger partial charge in [0.05, 0.1) is 6.10 Å². The Balaban J connectivity index is 2.19. The molecular formula is C16H21N3O2. The summed E-state index contributed by atoms with van der Waals surface area (Å²) in [6.07, 6.45) is -0.0109. The molecule has 0 saturated carbocycles. The number of hydrogen-bond acceptors (Lipinski definition) is 4. The quantitative estimate of drug-likeness (QED) is 0.856. The maximum Gasteiger partial charge on any atom is 0.270 e. The summed E-state index contributed by atoms with van der Waals surface area (Å²) in [6, 6.07) is 9.65. The molecule has 1 aromatic heterocycles. The molecule has 2 N–H and O–H groups in total. The topological polar surface area (TPSA) is 63.2 Å². The number of hydrogen-bond donors (Lipinski definition) is 2. The maximum absolute atomic E-state index is 12.2. The average molecular weight is 287 g/mol. The lowest BCUT2D eigenvalue weighted by Crippen LogP contribution is -2.32. The first-order valence-electron chi connectivity index (χ1n) is 7.13. The van der Waals surface area contributed by atoms with Gasteiger partial charge in [-0.25, -0.2) is 4.98 Å². The van der Waals surface area contributed by atoms with E-state index in [4.69, 9.17) is 4.74 Å². The molecule has 0 fully saturated rings. The summed E-state index contributed by atoms with van der Waals surface area (Å²) in [5.41, 5.74) is 0.404. The zero-order valence-corrected chi connectivity index (χ0v) is 12.6. The van der Waals surface area contributed by atoms with Crippen molar-refractivity contribution in [1.82, 2.24) is 10.3 Å². The summed E-state index contributed by atoms with van der Waals surface area (Å²) < 4.78 is 5.40. The van der Waals surface area contributed by atoms with Crippen LogP contribution >= 0.6 is 0 Å². The van der Waals surface area contributed by atoms with Crippen molar-refractivity contribution in [3.63, 3.8) is 0 Å². The van der Waals surface area contributed by atoms with E-state index in [0.29, 0.717) is 24.7 Å². The molecule has 2 aromatic rings. The molecule has 0 bridgehead atoms. The number of anilines is 1. The first-order chi connectivity index (χ1) is 10.2. The maximum atomic E-state index is 12.2. The predicted molar refractivity (Wildman–Crippen MR) is 84.7 cm³/mol. The number of rotatable bonds is 6. The highest BCUT2D eigenvalue weighted by molar-refractivity contribution is 6.00. The van der Waals surface area contributed by atoms with E-state index in [2.05, 4.69) is 15.6 Å². The normalized spacial score (nSPS) is 12.1. The molecule has 1 atom stereocenters. The second kappa shape index (κ2) is 7.04. The van der Waals surface area contributed by atoms with Crippen molar-refractivity contribution < 1.29 is 9.53 Å². The van der Waals surface area contributed by atoms with Gasteiger partial charge in [0, 0.05) is 25.6 Å². The second-order valence-electron chi connectivity index (χ2n) is 4.80. The van der Waals surface area contributed by atoms with Gasteiger partial charge < -0.3 is 15.4 Å². The van der Waals surface area contributed by atoms with Crippen molar-refractivity contribution in [3.05, 3.63) is 36.0 Å². The lowest BCUT2D eigenvalue weighted by atomic mass is 10.1. The van der Waals surface area contributed by atoms with Crippen LogP contribution in [0.5, 0.6) is 0 Å². The lowest BCUT2D eigenvalue weighted by molar-refractivity contribution is 0.0693. The van der Waals surface area contributed by atoms with Crippen LogP contribution in [0.2, 0.25) is 0 Å². The van der Waals surface area contributed by atoms with Crippen LogP contribution in [-0.4, -0.2) is 37.2 Å². The summed E-state index contributed by atoms with van der Waals surface area (Å²) in [5.74, 6) is 0.514. The number of carbonyl (C=O) groups is 1. The molecule has 5 nitrogen and oxygen atoms in total. The Bertz CT molecular complexity index is 628. The molecule has 1 heterocycles. The summed E-state index contributed by atoms with van der Waals surface area (Å²) in [6.45, 7) is 4.96. The number of nitrogens with zero attached hydrogens (tertiary/aromatic N) is 1. The van der Waals surface area contributed by atoms with Gasteiger partial charge in [0.2, 0.25) is 0 Å². The molecular weight excluding hydrogens is 266 g/mol. The van der Waals surface area contributed by atoms with Crippen molar-refractivity contribution in [2.24, 2.45) is 0 Å². The minimum absolute atomic E-state index is 0.0109. The first kappa shape index (κ1) is 15.3. The van der Waals surface area contributed by atoms with Gasteiger partial charge in [0.1, 0.15) is 11.5 Å². The van der Waals surface area contributed by atoms with Gasteiger partial charge in [-0.1, -0.05) is 24.3 Å². The Kier molecular flexibility index (Phi) is 5.11. The SMILES string of the molecule is CCOC(C)CNC(=O)c1cc2ccccc2c(NC)n1. The predicted octanol–water partition coefficient (Wildman–Crippen LogP) is 2.43. The summed E-state index contributed by atoms with van der Waals surface area (Å²) in [7, 11) is 1.80. The fourth-order valence-corrected chi connectivity index (χ4v) is 2.18. The van der Waals surface area contributed by atoms with Crippen LogP contribution in [-0.2, 0) is 4.74 Å². The zero-order chi connectivity index (χ0) is 15.2. The lowest BCUT2D eigenvalue weighted by Gasteiger charge is -2.13. The highest BCUT2D eigenvalue weighted by Gasteiger charge is 2.12. The Morgan fingerprint density at radius 2 is 2.14 bits per heavy atom. The number of carbonyl (C=O) groups excluding carboxylic acids is 1. The third-order valence-electron chi connectivity index (χ3n) is 3.21. The van der Waals surface area contributed by atoms with E-state index in [-0.39, 0.29) is 12.0 Å². The number of aromatic nitrogens is 1. The fourth-order valence-electron chi connectivity index (χ4n) is 2.18. The van der Waals surface area contributed by atoms with Gasteiger partial charge >= 0.3 is 0 Å². The average Bonchev–Trinajstić information content (AvgIpc) is 2.51. The van der Waals surface area contributed by atoms with Crippen molar-refractivity contribution in [1.29, 1.82) is 0 Å². The van der Waals surface area contributed by atoms with E-state index in [1.807, 2.05) is 38.1 Å². The third kappa shape index (κ3) is 3.70. The molecule has 2 rings (SSSR count). The Labute approximate surface area is 124 Å². The molecule has 0 spiro atoms. The molecule has 0 saturated heterocycles. The van der Waals surface area contributed by atoms with E-state index in [1.54, 1.807) is 13.1 Å². The molecule has 1 unspecified atom stereocenters.